The van der Waals surface area contributed by atoms with Gasteiger partial charge in [0.15, 0.2) is 5.82 Å². The largest absolute Gasteiger partial charge is 0.480 e. The van der Waals surface area contributed by atoms with Gasteiger partial charge in [-0.3, -0.25) is 9.48 Å². The van der Waals surface area contributed by atoms with Crippen LogP contribution in [0.5, 0.6) is 5.88 Å². The number of ether oxygens (including phenoxy) is 1. The van der Waals surface area contributed by atoms with Gasteiger partial charge in [0.25, 0.3) is 5.91 Å². The first kappa shape index (κ1) is 12.6. The Morgan fingerprint density at radius 1 is 1.58 bits per heavy atom. The second-order valence-corrected chi connectivity index (χ2v) is 3.69. The average Bonchev–Trinajstić information content (AvgIpc) is 2.78. The summed E-state index contributed by atoms with van der Waals surface area (Å²) in [6.45, 7) is 0. The van der Waals surface area contributed by atoms with E-state index in [0.717, 1.165) is 0 Å². The van der Waals surface area contributed by atoms with E-state index < -0.39 is 5.91 Å². The molecule has 0 fully saturated rings. The van der Waals surface area contributed by atoms with Gasteiger partial charge in [-0.25, -0.2) is 4.98 Å². The SMILES string of the molecule is COc1ncccc1C(=O)Nc1nn(C)cc1C#N. The van der Waals surface area contributed by atoms with Gasteiger partial charge in [-0.1, -0.05) is 0 Å². The summed E-state index contributed by atoms with van der Waals surface area (Å²) in [6, 6.07) is 5.16. The molecule has 0 aliphatic heterocycles. The lowest BCUT2D eigenvalue weighted by Crippen LogP contribution is -2.15. The third-order valence-electron chi connectivity index (χ3n) is 2.39. The first-order chi connectivity index (χ1) is 9.15. The zero-order valence-corrected chi connectivity index (χ0v) is 10.4. The Morgan fingerprint density at radius 2 is 2.37 bits per heavy atom. The van der Waals surface area contributed by atoms with E-state index in [4.69, 9.17) is 10.00 Å². The van der Waals surface area contributed by atoms with E-state index in [1.54, 1.807) is 19.2 Å². The number of amides is 1. The number of carbonyl (C=O) groups is 1. The average molecular weight is 257 g/mol. The van der Waals surface area contributed by atoms with Crippen molar-refractivity contribution in [2.45, 2.75) is 0 Å². The number of nitrogens with one attached hydrogen (secondary N) is 1. The van der Waals surface area contributed by atoms with Crippen LogP contribution in [0.1, 0.15) is 15.9 Å². The summed E-state index contributed by atoms with van der Waals surface area (Å²) in [6.07, 6.45) is 3.05. The van der Waals surface area contributed by atoms with E-state index in [2.05, 4.69) is 15.4 Å². The van der Waals surface area contributed by atoms with Crippen LogP contribution in [0.3, 0.4) is 0 Å². The highest BCUT2D eigenvalue weighted by Gasteiger charge is 2.16. The zero-order valence-electron chi connectivity index (χ0n) is 10.4. The van der Waals surface area contributed by atoms with Crippen molar-refractivity contribution in [1.82, 2.24) is 14.8 Å². The monoisotopic (exact) mass is 257 g/mol. The lowest BCUT2D eigenvalue weighted by Gasteiger charge is -2.06. The minimum Gasteiger partial charge on any atom is -0.480 e. The van der Waals surface area contributed by atoms with Crippen LogP contribution in [-0.4, -0.2) is 27.8 Å². The van der Waals surface area contributed by atoms with Crippen molar-refractivity contribution in [3.05, 3.63) is 35.7 Å². The maximum atomic E-state index is 12.1. The van der Waals surface area contributed by atoms with Crippen LogP contribution in [0.15, 0.2) is 24.5 Å². The molecule has 0 spiro atoms. The van der Waals surface area contributed by atoms with E-state index in [9.17, 15) is 4.79 Å². The van der Waals surface area contributed by atoms with E-state index in [1.807, 2.05) is 6.07 Å². The molecule has 0 unspecified atom stereocenters. The van der Waals surface area contributed by atoms with Gasteiger partial charge in [-0.2, -0.15) is 10.4 Å². The summed E-state index contributed by atoms with van der Waals surface area (Å²) in [5.41, 5.74) is 0.568. The summed E-state index contributed by atoms with van der Waals surface area (Å²) in [5, 5.41) is 15.5. The molecular weight excluding hydrogens is 246 g/mol. The Bertz CT molecular complexity index is 656. The molecule has 0 atom stereocenters. The number of carbonyl (C=O) groups excluding carboxylic acids is 1. The molecule has 2 aromatic heterocycles. The number of nitrogens with zero attached hydrogens (tertiary/aromatic N) is 4. The minimum absolute atomic E-state index is 0.209. The van der Waals surface area contributed by atoms with Crippen molar-refractivity contribution in [3.63, 3.8) is 0 Å². The standard InChI is InChI=1S/C12H11N5O2/c1-17-7-8(6-13)10(16-17)15-11(18)9-4-3-5-14-12(9)19-2/h3-5,7H,1-2H3,(H,15,16,18). The van der Waals surface area contributed by atoms with Gasteiger partial charge in [0.2, 0.25) is 5.88 Å². The summed E-state index contributed by atoms with van der Waals surface area (Å²) in [7, 11) is 3.10. The molecule has 0 saturated heterocycles. The van der Waals surface area contributed by atoms with Gasteiger partial charge in [0.1, 0.15) is 17.2 Å². The lowest BCUT2D eigenvalue weighted by molar-refractivity contribution is 0.102. The van der Waals surface area contributed by atoms with Gasteiger partial charge in [0, 0.05) is 19.4 Å². The van der Waals surface area contributed by atoms with Crippen LogP contribution < -0.4 is 10.1 Å². The van der Waals surface area contributed by atoms with E-state index in [-0.39, 0.29) is 17.3 Å². The minimum atomic E-state index is -0.430. The molecule has 7 nitrogen and oxygen atoms in total. The predicted molar refractivity (Wildman–Crippen MR) is 66.7 cm³/mol. The van der Waals surface area contributed by atoms with Crippen molar-refractivity contribution in [1.29, 1.82) is 5.26 Å². The van der Waals surface area contributed by atoms with Crippen LogP contribution in [0.4, 0.5) is 5.82 Å². The maximum absolute atomic E-state index is 12.1. The Labute approximate surface area is 109 Å². The van der Waals surface area contributed by atoms with Crippen LogP contribution in [-0.2, 0) is 7.05 Å². The van der Waals surface area contributed by atoms with E-state index >= 15 is 0 Å². The fourth-order valence-electron chi connectivity index (χ4n) is 1.56. The van der Waals surface area contributed by atoms with Crippen molar-refractivity contribution in [2.75, 3.05) is 12.4 Å². The highest BCUT2D eigenvalue weighted by Crippen LogP contribution is 2.17. The second-order valence-electron chi connectivity index (χ2n) is 3.69. The summed E-state index contributed by atoms with van der Waals surface area (Å²) in [4.78, 5) is 16.0. The van der Waals surface area contributed by atoms with Crippen LogP contribution in [0.25, 0.3) is 0 Å². The van der Waals surface area contributed by atoms with Crippen LogP contribution in [0.2, 0.25) is 0 Å². The second kappa shape index (κ2) is 5.18. The number of methoxy groups -OCH3 is 1. The third kappa shape index (κ3) is 2.52. The Balaban J connectivity index is 2.28. The predicted octanol–water partition coefficient (Wildman–Crippen LogP) is 0.948. The molecule has 96 valence electrons. The molecule has 0 bridgehead atoms. The summed E-state index contributed by atoms with van der Waals surface area (Å²) in [5.74, 6) is -0.00417. The first-order valence-corrected chi connectivity index (χ1v) is 5.39. The molecule has 0 saturated carbocycles. The highest BCUT2D eigenvalue weighted by atomic mass is 16.5. The number of anilines is 1. The molecule has 2 aromatic rings. The summed E-state index contributed by atoms with van der Waals surface area (Å²) >= 11 is 0. The molecule has 2 heterocycles. The van der Waals surface area contributed by atoms with E-state index in [0.29, 0.717) is 5.56 Å². The molecule has 2 rings (SSSR count). The number of hydrogen-bond donors (Lipinski definition) is 1. The third-order valence-corrected chi connectivity index (χ3v) is 2.39. The molecule has 0 aliphatic carbocycles. The fourth-order valence-corrected chi connectivity index (χ4v) is 1.56. The summed E-state index contributed by atoms with van der Waals surface area (Å²) < 4.78 is 6.46. The number of rotatable bonds is 3. The Morgan fingerprint density at radius 3 is 3.05 bits per heavy atom. The molecule has 1 amide bonds. The van der Waals surface area contributed by atoms with Gasteiger partial charge in [-0.05, 0) is 12.1 Å². The molecule has 0 aliphatic rings. The zero-order chi connectivity index (χ0) is 13.8. The molecule has 1 N–H and O–H groups in total. The number of hydrogen-bond acceptors (Lipinski definition) is 5. The first-order valence-electron chi connectivity index (χ1n) is 5.39. The number of pyridine rings is 1. The topological polar surface area (TPSA) is 92.8 Å². The van der Waals surface area contributed by atoms with Gasteiger partial charge < -0.3 is 10.1 Å². The fraction of sp³-hybridized carbons (Fsp3) is 0.167. The quantitative estimate of drug-likeness (QED) is 0.883. The van der Waals surface area contributed by atoms with E-state index in [1.165, 1.54) is 24.2 Å². The molecule has 0 radical (unpaired) electrons. The van der Waals surface area contributed by atoms with Gasteiger partial charge >= 0.3 is 0 Å². The maximum Gasteiger partial charge on any atom is 0.262 e. The van der Waals surface area contributed by atoms with Crippen LogP contribution >= 0.6 is 0 Å². The highest BCUT2D eigenvalue weighted by molar-refractivity contribution is 6.05. The van der Waals surface area contributed by atoms with Crippen molar-refractivity contribution in [3.8, 4) is 11.9 Å². The molecule has 0 aromatic carbocycles. The van der Waals surface area contributed by atoms with Gasteiger partial charge in [-0.15, -0.1) is 0 Å². The molecule has 19 heavy (non-hydrogen) atoms. The number of aromatic nitrogens is 3. The molecule has 7 heteroatoms. The lowest BCUT2D eigenvalue weighted by atomic mass is 10.2. The van der Waals surface area contributed by atoms with Crippen LogP contribution in [0, 0.1) is 11.3 Å². The molecular formula is C12H11N5O2. The smallest absolute Gasteiger partial charge is 0.262 e. The Kier molecular flexibility index (Phi) is 3.43. The van der Waals surface area contributed by atoms with Crippen molar-refractivity contribution in [2.24, 2.45) is 7.05 Å². The number of nitriles is 1. The van der Waals surface area contributed by atoms with Crippen molar-refractivity contribution >= 4 is 11.7 Å². The van der Waals surface area contributed by atoms with Crippen molar-refractivity contribution < 1.29 is 9.53 Å². The normalized spacial score (nSPS) is 9.74. The van der Waals surface area contributed by atoms with Gasteiger partial charge in [0.05, 0.1) is 7.11 Å². The Hall–Kier alpha value is -2.88. The number of aryl methyl sites for hydroxylation is 1.